The maximum Gasteiger partial charge on any atom is 0.328 e. The number of rotatable bonds is 6. The first-order valence-corrected chi connectivity index (χ1v) is 7.83. The van der Waals surface area contributed by atoms with Gasteiger partial charge in [0.15, 0.2) is 0 Å². The predicted molar refractivity (Wildman–Crippen MR) is 95.2 cm³/mol. The predicted octanol–water partition coefficient (Wildman–Crippen LogP) is 3.18. The molecular formula is C19H22FNO4. The van der Waals surface area contributed by atoms with Crippen molar-refractivity contribution in [2.24, 2.45) is 0 Å². The van der Waals surface area contributed by atoms with Crippen LogP contribution in [-0.2, 0) is 16.0 Å². The summed E-state index contributed by atoms with van der Waals surface area (Å²) in [6, 6.07) is 11.4. The fourth-order valence-corrected chi connectivity index (χ4v) is 2.17. The van der Waals surface area contributed by atoms with Crippen molar-refractivity contribution >= 4 is 22.7 Å². The van der Waals surface area contributed by atoms with Crippen molar-refractivity contribution < 1.29 is 24.2 Å². The molecule has 0 amide bonds. The molecule has 0 heterocycles. The normalized spacial score (nSPS) is 10.7. The molecule has 0 bridgehead atoms. The van der Waals surface area contributed by atoms with Gasteiger partial charge in [-0.05, 0) is 42.4 Å². The number of aliphatic carboxylic acids is 2. The van der Waals surface area contributed by atoms with Gasteiger partial charge in [-0.25, -0.2) is 14.0 Å². The summed E-state index contributed by atoms with van der Waals surface area (Å²) < 4.78 is 13.9. The molecule has 5 nitrogen and oxygen atoms in total. The van der Waals surface area contributed by atoms with Gasteiger partial charge in [0.25, 0.3) is 0 Å². The van der Waals surface area contributed by atoms with Gasteiger partial charge in [-0.15, -0.1) is 0 Å². The molecule has 0 aliphatic heterocycles. The van der Waals surface area contributed by atoms with Crippen LogP contribution in [0.4, 0.5) is 4.39 Å². The highest BCUT2D eigenvalue weighted by Gasteiger charge is 2.07. The molecule has 0 radical (unpaired) electrons. The number of benzene rings is 2. The van der Waals surface area contributed by atoms with E-state index >= 15 is 0 Å². The van der Waals surface area contributed by atoms with Gasteiger partial charge < -0.3 is 15.1 Å². The van der Waals surface area contributed by atoms with Gasteiger partial charge in [0.1, 0.15) is 5.82 Å². The van der Waals surface area contributed by atoms with Crippen LogP contribution < -0.4 is 0 Å². The lowest BCUT2D eigenvalue weighted by Crippen LogP contribution is -2.20. The third-order valence-electron chi connectivity index (χ3n) is 3.64. The zero-order valence-corrected chi connectivity index (χ0v) is 14.3. The van der Waals surface area contributed by atoms with Gasteiger partial charge in [-0.2, -0.15) is 0 Å². The number of nitrogens with zero attached hydrogens (tertiary/aromatic N) is 1. The first-order chi connectivity index (χ1) is 11.8. The molecular weight excluding hydrogens is 325 g/mol. The number of hydrogen-bond acceptors (Lipinski definition) is 3. The summed E-state index contributed by atoms with van der Waals surface area (Å²) in [5.74, 6) is -2.60. The van der Waals surface area contributed by atoms with Gasteiger partial charge in [0.2, 0.25) is 0 Å². The standard InChI is InChI=1S/C15H18FN.C4H4O4/c1-3-17(2)11-10-14-13-7-5-4-6-12(13)8-9-15(14)16;5-3(6)1-2-4(7)8/h4-9H,3,10-11H2,1-2H3;1-2H,(H,5,6)(H,7,8)/b;2-1+. The van der Waals surface area contributed by atoms with E-state index in [2.05, 4.69) is 18.9 Å². The Morgan fingerprint density at radius 2 is 1.68 bits per heavy atom. The van der Waals surface area contributed by atoms with Crippen molar-refractivity contribution in [3.05, 3.63) is 59.9 Å². The van der Waals surface area contributed by atoms with Crippen molar-refractivity contribution in [2.75, 3.05) is 20.1 Å². The van der Waals surface area contributed by atoms with Crippen LogP contribution in [0.5, 0.6) is 0 Å². The first kappa shape index (κ1) is 20.3. The van der Waals surface area contributed by atoms with Crippen LogP contribution in [-0.4, -0.2) is 47.2 Å². The molecule has 0 saturated carbocycles. The molecule has 25 heavy (non-hydrogen) atoms. The molecule has 0 fully saturated rings. The summed E-state index contributed by atoms with van der Waals surface area (Å²) in [7, 11) is 2.06. The fourth-order valence-electron chi connectivity index (χ4n) is 2.17. The van der Waals surface area contributed by atoms with E-state index < -0.39 is 11.9 Å². The Morgan fingerprint density at radius 3 is 2.24 bits per heavy atom. The molecule has 2 aromatic carbocycles. The lowest BCUT2D eigenvalue weighted by molar-refractivity contribution is -0.134. The summed E-state index contributed by atoms with van der Waals surface area (Å²) in [6.07, 6.45) is 1.88. The van der Waals surface area contributed by atoms with Crippen LogP contribution in [0.15, 0.2) is 48.6 Å². The van der Waals surface area contributed by atoms with E-state index in [9.17, 15) is 14.0 Å². The molecule has 2 N–H and O–H groups in total. The van der Waals surface area contributed by atoms with E-state index in [1.807, 2.05) is 30.3 Å². The molecule has 0 aliphatic carbocycles. The summed E-state index contributed by atoms with van der Waals surface area (Å²) in [4.78, 5) is 21.3. The number of carbonyl (C=O) groups is 2. The van der Waals surface area contributed by atoms with Crippen molar-refractivity contribution in [1.29, 1.82) is 0 Å². The Hall–Kier alpha value is -2.73. The van der Waals surface area contributed by atoms with E-state index in [-0.39, 0.29) is 5.82 Å². The Balaban J connectivity index is 0.000000333. The Kier molecular flexibility index (Phi) is 8.29. The van der Waals surface area contributed by atoms with E-state index in [0.29, 0.717) is 12.2 Å². The third kappa shape index (κ3) is 7.14. The largest absolute Gasteiger partial charge is 0.478 e. The number of fused-ring (bicyclic) bond motifs is 1. The molecule has 2 aromatic rings. The molecule has 0 aliphatic rings. The SMILES string of the molecule is CCN(C)CCc1c(F)ccc2ccccc12.O=C(O)/C=C/C(=O)O. The zero-order chi connectivity index (χ0) is 18.8. The summed E-state index contributed by atoms with van der Waals surface area (Å²) in [6.45, 7) is 3.99. The highest BCUT2D eigenvalue weighted by atomic mass is 19.1. The van der Waals surface area contributed by atoms with Gasteiger partial charge in [-0.3, -0.25) is 0 Å². The second kappa shape index (κ2) is 10.2. The van der Waals surface area contributed by atoms with Gasteiger partial charge in [0, 0.05) is 18.7 Å². The van der Waals surface area contributed by atoms with Crippen LogP contribution in [0.2, 0.25) is 0 Å². The highest BCUT2D eigenvalue weighted by molar-refractivity contribution is 5.89. The quantitative estimate of drug-likeness (QED) is 0.785. The third-order valence-corrected chi connectivity index (χ3v) is 3.64. The van der Waals surface area contributed by atoms with Crippen LogP contribution in [0.25, 0.3) is 10.8 Å². The molecule has 0 unspecified atom stereocenters. The molecule has 134 valence electrons. The van der Waals surface area contributed by atoms with Crippen molar-refractivity contribution in [2.45, 2.75) is 13.3 Å². The molecule has 6 heteroatoms. The molecule has 0 atom stereocenters. The van der Waals surface area contributed by atoms with Crippen LogP contribution in [0.1, 0.15) is 12.5 Å². The van der Waals surface area contributed by atoms with Crippen molar-refractivity contribution in [3.63, 3.8) is 0 Å². The van der Waals surface area contributed by atoms with E-state index in [4.69, 9.17) is 10.2 Å². The topological polar surface area (TPSA) is 77.8 Å². The number of carboxylic acids is 2. The second-order valence-electron chi connectivity index (χ2n) is 5.40. The maximum absolute atomic E-state index is 13.9. The highest BCUT2D eigenvalue weighted by Crippen LogP contribution is 2.22. The average molecular weight is 347 g/mol. The van der Waals surface area contributed by atoms with E-state index in [1.165, 1.54) is 0 Å². The van der Waals surface area contributed by atoms with E-state index in [1.54, 1.807) is 6.07 Å². The number of likely N-dealkylation sites (N-methyl/N-ethyl adjacent to an activating group) is 1. The molecule has 0 aromatic heterocycles. The second-order valence-corrected chi connectivity index (χ2v) is 5.40. The number of carboxylic acid groups (broad SMARTS) is 2. The molecule has 2 rings (SSSR count). The fraction of sp³-hybridized carbons (Fsp3) is 0.263. The van der Waals surface area contributed by atoms with E-state index in [0.717, 1.165) is 35.8 Å². The Labute approximate surface area is 146 Å². The number of halogens is 1. The average Bonchev–Trinajstić information content (AvgIpc) is 2.59. The van der Waals surface area contributed by atoms with Gasteiger partial charge in [-0.1, -0.05) is 37.3 Å². The van der Waals surface area contributed by atoms with Crippen molar-refractivity contribution in [1.82, 2.24) is 4.90 Å². The van der Waals surface area contributed by atoms with Gasteiger partial charge >= 0.3 is 11.9 Å². The maximum atomic E-state index is 13.9. The minimum absolute atomic E-state index is 0.0896. The minimum atomic E-state index is -1.26. The first-order valence-electron chi connectivity index (χ1n) is 7.83. The van der Waals surface area contributed by atoms with Gasteiger partial charge in [0.05, 0.1) is 0 Å². The Bertz CT molecular complexity index is 742. The zero-order valence-electron chi connectivity index (χ0n) is 14.3. The van der Waals surface area contributed by atoms with Crippen LogP contribution in [0, 0.1) is 5.82 Å². The van der Waals surface area contributed by atoms with Crippen LogP contribution in [0.3, 0.4) is 0 Å². The molecule has 0 spiro atoms. The minimum Gasteiger partial charge on any atom is -0.478 e. The summed E-state index contributed by atoms with van der Waals surface area (Å²) in [5, 5.41) is 17.8. The monoisotopic (exact) mass is 347 g/mol. The van der Waals surface area contributed by atoms with Crippen molar-refractivity contribution in [3.8, 4) is 0 Å². The summed E-state index contributed by atoms with van der Waals surface area (Å²) >= 11 is 0. The number of hydrogen-bond donors (Lipinski definition) is 2. The smallest absolute Gasteiger partial charge is 0.328 e. The Morgan fingerprint density at radius 1 is 1.08 bits per heavy atom. The van der Waals surface area contributed by atoms with Crippen LogP contribution >= 0.6 is 0 Å². The summed E-state index contributed by atoms with van der Waals surface area (Å²) in [5.41, 5.74) is 0.836. The molecule has 0 saturated heterocycles. The lowest BCUT2D eigenvalue weighted by Gasteiger charge is -2.15. The lowest BCUT2D eigenvalue weighted by atomic mass is 10.0.